The lowest BCUT2D eigenvalue weighted by Gasteiger charge is -2.37. The van der Waals surface area contributed by atoms with E-state index >= 15 is 0 Å². The van der Waals surface area contributed by atoms with Gasteiger partial charge in [0.2, 0.25) is 11.9 Å². The van der Waals surface area contributed by atoms with E-state index < -0.39 is 0 Å². The van der Waals surface area contributed by atoms with Gasteiger partial charge in [0.1, 0.15) is 0 Å². The molecule has 2 amide bonds. The first-order valence-electron chi connectivity index (χ1n) is 12.4. The molecule has 35 heavy (non-hydrogen) atoms. The molecule has 0 saturated carbocycles. The van der Waals surface area contributed by atoms with Crippen LogP contribution in [0.1, 0.15) is 53.6 Å². The van der Waals surface area contributed by atoms with Crippen LogP contribution in [0.5, 0.6) is 0 Å². The molecule has 7 nitrogen and oxygen atoms in total. The van der Waals surface area contributed by atoms with Crippen molar-refractivity contribution in [2.24, 2.45) is 0 Å². The second kappa shape index (κ2) is 10.3. The molecular weight excluding hydrogens is 438 g/mol. The van der Waals surface area contributed by atoms with Crippen LogP contribution in [-0.4, -0.2) is 50.2 Å². The van der Waals surface area contributed by atoms with Crippen molar-refractivity contribution < 1.29 is 9.59 Å². The number of rotatable bonds is 5. The van der Waals surface area contributed by atoms with Gasteiger partial charge in [-0.25, -0.2) is 9.97 Å². The summed E-state index contributed by atoms with van der Waals surface area (Å²) < 4.78 is 0. The first kappa shape index (κ1) is 23.0. The summed E-state index contributed by atoms with van der Waals surface area (Å²) in [5.74, 6) is 0.701. The third-order valence-electron chi connectivity index (χ3n) is 7.00. The Hall–Kier alpha value is -3.74. The van der Waals surface area contributed by atoms with Crippen LogP contribution in [0.15, 0.2) is 67.0 Å². The monoisotopic (exact) mass is 469 g/mol. The average Bonchev–Trinajstić information content (AvgIpc) is 3.27. The van der Waals surface area contributed by atoms with Gasteiger partial charge in [-0.1, -0.05) is 42.3 Å². The standard InChI is InChI=1S/C28H31N5O2/c1-20-7-4-8-21(17-20)19-33-25-13-16-32(24(25)11-2-3-12-26(33)34)27(35)22-9-5-10-23(18-22)31-28-29-14-6-15-30-28/h4-10,14-15,17-18,24-25H,2-3,11-13,16,19H2,1H3,(H,29,30,31)/t24-,25+/m0/s1. The summed E-state index contributed by atoms with van der Waals surface area (Å²) in [7, 11) is 0. The molecule has 2 atom stereocenters. The number of aromatic nitrogens is 2. The molecular formula is C28H31N5O2. The minimum absolute atomic E-state index is 0.0126. The Bertz CT molecular complexity index is 1200. The van der Waals surface area contributed by atoms with E-state index in [1.54, 1.807) is 18.5 Å². The van der Waals surface area contributed by atoms with Crippen LogP contribution in [0.3, 0.4) is 0 Å². The first-order chi connectivity index (χ1) is 17.1. The van der Waals surface area contributed by atoms with Gasteiger partial charge >= 0.3 is 0 Å². The predicted molar refractivity (Wildman–Crippen MR) is 135 cm³/mol. The number of benzene rings is 2. The highest BCUT2D eigenvalue weighted by atomic mass is 16.2. The number of nitrogens with one attached hydrogen (secondary N) is 1. The summed E-state index contributed by atoms with van der Waals surface area (Å²) in [4.78, 5) is 39.3. The van der Waals surface area contributed by atoms with Crippen molar-refractivity contribution in [3.63, 3.8) is 0 Å². The van der Waals surface area contributed by atoms with Crippen molar-refractivity contribution in [3.8, 4) is 0 Å². The zero-order valence-electron chi connectivity index (χ0n) is 20.1. The summed E-state index contributed by atoms with van der Waals surface area (Å²) in [5, 5.41) is 3.16. The van der Waals surface area contributed by atoms with E-state index in [1.165, 1.54) is 5.56 Å². The van der Waals surface area contributed by atoms with Crippen molar-refractivity contribution in [2.75, 3.05) is 11.9 Å². The molecule has 0 bridgehead atoms. The quantitative estimate of drug-likeness (QED) is 0.585. The Labute approximate surface area is 206 Å². The molecule has 1 aromatic heterocycles. The highest BCUT2D eigenvalue weighted by Gasteiger charge is 2.42. The molecule has 2 aliphatic heterocycles. The van der Waals surface area contributed by atoms with Crippen molar-refractivity contribution in [1.29, 1.82) is 0 Å². The van der Waals surface area contributed by atoms with E-state index in [0.717, 1.165) is 36.9 Å². The number of likely N-dealkylation sites (tertiary alicyclic amines) is 2. The fourth-order valence-corrected chi connectivity index (χ4v) is 5.36. The van der Waals surface area contributed by atoms with Gasteiger partial charge in [0.25, 0.3) is 5.91 Å². The lowest BCUT2D eigenvalue weighted by atomic mass is 9.95. The Morgan fingerprint density at radius 1 is 1.00 bits per heavy atom. The van der Waals surface area contributed by atoms with Gasteiger partial charge in [-0.15, -0.1) is 0 Å². The average molecular weight is 470 g/mol. The van der Waals surface area contributed by atoms with E-state index in [4.69, 9.17) is 0 Å². The van der Waals surface area contributed by atoms with Crippen LogP contribution in [0.4, 0.5) is 11.6 Å². The van der Waals surface area contributed by atoms with Crippen molar-refractivity contribution in [3.05, 3.63) is 83.7 Å². The number of carbonyl (C=O) groups excluding carboxylic acids is 2. The van der Waals surface area contributed by atoms with Gasteiger partial charge in [0, 0.05) is 43.2 Å². The number of anilines is 2. The Morgan fingerprint density at radius 2 is 1.83 bits per heavy atom. The molecule has 0 spiro atoms. The number of carbonyl (C=O) groups is 2. The van der Waals surface area contributed by atoms with Crippen molar-refractivity contribution >= 4 is 23.5 Å². The second-order valence-electron chi connectivity index (χ2n) is 9.46. The predicted octanol–water partition coefficient (Wildman–Crippen LogP) is 4.71. The highest BCUT2D eigenvalue weighted by molar-refractivity contribution is 5.95. The van der Waals surface area contributed by atoms with E-state index in [0.29, 0.717) is 31.0 Å². The third kappa shape index (κ3) is 5.19. The maximum absolute atomic E-state index is 13.7. The topological polar surface area (TPSA) is 78.4 Å². The van der Waals surface area contributed by atoms with Crippen LogP contribution in [0.2, 0.25) is 0 Å². The van der Waals surface area contributed by atoms with Crippen LogP contribution in [0, 0.1) is 6.92 Å². The SMILES string of the molecule is Cc1cccc(CN2C(=O)CCCC[C@H]3[C@H]2CCN3C(=O)c2cccc(Nc3ncccn3)c2)c1. The van der Waals surface area contributed by atoms with Gasteiger partial charge in [0.15, 0.2) is 0 Å². The van der Waals surface area contributed by atoms with Gasteiger partial charge in [-0.05, 0) is 56.0 Å². The lowest BCUT2D eigenvalue weighted by molar-refractivity contribution is -0.135. The number of hydrogen-bond donors (Lipinski definition) is 1. The fraction of sp³-hybridized carbons (Fsp3) is 0.357. The molecule has 1 N–H and O–H groups in total. The highest BCUT2D eigenvalue weighted by Crippen LogP contribution is 2.32. The summed E-state index contributed by atoms with van der Waals surface area (Å²) in [6.45, 7) is 3.33. The molecule has 5 rings (SSSR count). The molecule has 2 fully saturated rings. The largest absolute Gasteiger partial charge is 0.334 e. The maximum atomic E-state index is 13.7. The van der Waals surface area contributed by atoms with E-state index in [-0.39, 0.29) is 23.9 Å². The number of amides is 2. The molecule has 2 aliphatic rings. The number of hydrogen-bond acceptors (Lipinski definition) is 5. The number of aryl methyl sites for hydroxylation is 1. The van der Waals surface area contributed by atoms with E-state index in [9.17, 15) is 9.59 Å². The smallest absolute Gasteiger partial charge is 0.254 e. The minimum atomic E-state index is 0.0126. The Morgan fingerprint density at radius 3 is 2.66 bits per heavy atom. The molecule has 2 aromatic carbocycles. The van der Waals surface area contributed by atoms with Gasteiger partial charge in [-0.2, -0.15) is 0 Å². The summed E-state index contributed by atoms with van der Waals surface area (Å²) in [6.07, 6.45) is 7.49. The molecule has 3 heterocycles. The summed E-state index contributed by atoms with van der Waals surface area (Å²) >= 11 is 0. The first-order valence-corrected chi connectivity index (χ1v) is 12.4. The molecule has 3 aromatic rings. The summed E-state index contributed by atoms with van der Waals surface area (Å²) in [6, 6.07) is 17.7. The molecule has 180 valence electrons. The van der Waals surface area contributed by atoms with Crippen LogP contribution < -0.4 is 5.32 Å². The molecule has 2 saturated heterocycles. The maximum Gasteiger partial charge on any atom is 0.254 e. The van der Waals surface area contributed by atoms with Crippen molar-refractivity contribution in [2.45, 2.75) is 57.7 Å². The molecule has 7 heteroatoms. The number of nitrogens with zero attached hydrogens (tertiary/aromatic N) is 4. The van der Waals surface area contributed by atoms with E-state index in [1.807, 2.05) is 40.1 Å². The Balaban J connectivity index is 1.36. The van der Waals surface area contributed by atoms with Crippen molar-refractivity contribution in [1.82, 2.24) is 19.8 Å². The second-order valence-corrected chi connectivity index (χ2v) is 9.46. The van der Waals surface area contributed by atoms with Gasteiger partial charge in [-0.3, -0.25) is 9.59 Å². The zero-order chi connectivity index (χ0) is 24.2. The number of fused-ring (bicyclic) bond motifs is 1. The van der Waals surface area contributed by atoms with Crippen LogP contribution in [-0.2, 0) is 11.3 Å². The molecule has 0 aliphatic carbocycles. The normalized spacial score (nSPS) is 20.2. The third-order valence-corrected chi connectivity index (χ3v) is 7.00. The van der Waals surface area contributed by atoms with Gasteiger partial charge < -0.3 is 15.1 Å². The Kier molecular flexibility index (Phi) is 6.75. The molecule has 0 radical (unpaired) electrons. The molecule has 0 unspecified atom stereocenters. The fourth-order valence-electron chi connectivity index (χ4n) is 5.36. The van der Waals surface area contributed by atoms with Crippen LogP contribution in [0.25, 0.3) is 0 Å². The van der Waals surface area contributed by atoms with Crippen LogP contribution >= 0.6 is 0 Å². The minimum Gasteiger partial charge on any atom is -0.334 e. The van der Waals surface area contributed by atoms with Gasteiger partial charge in [0.05, 0.1) is 12.1 Å². The lowest BCUT2D eigenvalue weighted by Crippen LogP contribution is -2.49. The summed E-state index contributed by atoms with van der Waals surface area (Å²) in [5.41, 5.74) is 3.73. The zero-order valence-corrected chi connectivity index (χ0v) is 20.1. The van der Waals surface area contributed by atoms with E-state index in [2.05, 4.69) is 40.4 Å².